The number of carboxylic acid groups (broad SMARTS) is 1. The molecule has 4 rings (SSSR count). The molecule has 7 nitrogen and oxygen atoms in total. The lowest BCUT2D eigenvalue weighted by Gasteiger charge is -2.08. The van der Waals surface area contributed by atoms with Gasteiger partial charge < -0.3 is 19.6 Å². The molecule has 0 bridgehead atoms. The summed E-state index contributed by atoms with van der Waals surface area (Å²) in [6.45, 7) is 0.695. The fourth-order valence-corrected chi connectivity index (χ4v) is 3.61. The number of hydrogen-bond donors (Lipinski definition) is 2. The third-order valence-electron chi connectivity index (χ3n) is 5.24. The van der Waals surface area contributed by atoms with Crippen LogP contribution in [0.5, 0.6) is 0 Å². The van der Waals surface area contributed by atoms with Crippen molar-refractivity contribution < 1.29 is 14.7 Å². The molecule has 0 saturated carbocycles. The number of hydrogen-bond acceptors (Lipinski definition) is 3. The molecular weight excluding hydrogens is 404 g/mol. The van der Waals surface area contributed by atoms with E-state index in [0.29, 0.717) is 12.1 Å². The van der Waals surface area contributed by atoms with Crippen LogP contribution in [0.2, 0.25) is 0 Å². The number of carboxylic acids is 1. The molecule has 7 heteroatoms. The normalized spacial score (nSPS) is 11.6. The van der Waals surface area contributed by atoms with Crippen LogP contribution in [0, 0.1) is 0 Å². The van der Waals surface area contributed by atoms with Crippen molar-refractivity contribution in [3.63, 3.8) is 0 Å². The minimum absolute atomic E-state index is 0.102. The smallest absolute Gasteiger partial charge is 0.305 e. The molecule has 32 heavy (non-hydrogen) atoms. The molecule has 0 saturated heterocycles. The first-order valence-electron chi connectivity index (χ1n) is 10.4. The minimum Gasteiger partial charge on any atom is -0.481 e. The SMILES string of the molecule is Cn1/c(=N\c2ccccc2)n(Cc2ccc(C(=O)NCCC(=O)O)cc2)c2ccccc21. The lowest BCUT2D eigenvalue weighted by atomic mass is 10.1. The van der Waals surface area contributed by atoms with Gasteiger partial charge in [-0.1, -0.05) is 42.5 Å². The third-order valence-corrected chi connectivity index (χ3v) is 5.24. The van der Waals surface area contributed by atoms with E-state index in [2.05, 4.69) is 26.6 Å². The van der Waals surface area contributed by atoms with Crippen LogP contribution in [-0.2, 0) is 18.4 Å². The third kappa shape index (κ3) is 4.62. The van der Waals surface area contributed by atoms with Crippen LogP contribution in [0.25, 0.3) is 11.0 Å². The minimum atomic E-state index is -0.940. The standard InChI is InChI=1S/C25H24N4O3/c1-28-21-9-5-6-10-22(21)29(25(28)27-20-7-3-2-4-8-20)17-18-11-13-19(14-12-18)24(32)26-16-15-23(30)31/h2-14H,15-17H2,1H3,(H,26,32)(H,30,31)/b27-25+. The van der Waals surface area contributed by atoms with Crippen molar-refractivity contribution in [1.29, 1.82) is 0 Å². The molecule has 162 valence electrons. The van der Waals surface area contributed by atoms with E-state index in [1.807, 2.05) is 61.6 Å². The summed E-state index contributed by atoms with van der Waals surface area (Å²) in [4.78, 5) is 27.7. The van der Waals surface area contributed by atoms with Crippen molar-refractivity contribution in [2.24, 2.45) is 12.0 Å². The average molecular weight is 428 g/mol. The predicted octanol–water partition coefficient (Wildman–Crippen LogP) is 3.47. The summed E-state index contributed by atoms with van der Waals surface area (Å²) in [6, 6.07) is 25.3. The van der Waals surface area contributed by atoms with Gasteiger partial charge in [-0.05, 0) is 42.0 Å². The molecule has 0 aliphatic heterocycles. The first kappa shape index (κ1) is 21.1. The Labute approximate surface area is 185 Å². The number of carbonyl (C=O) groups excluding carboxylic acids is 1. The van der Waals surface area contributed by atoms with E-state index in [4.69, 9.17) is 10.1 Å². The molecule has 3 aromatic carbocycles. The zero-order valence-electron chi connectivity index (χ0n) is 17.7. The first-order chi connectivity index (χ1) is 15.5. The van der Waals surface area contributed by atoms with E-state index in [0.717, 1.165) is 27.9 Å². The number of rotatable bonds is 7. The lowest BCUT2D eigenvalue weighted by molar-refractivity contribution is -0.136. The maximum Gasteiger partial charge on any atom is 0.305 e. The second kappa shape index (κ2) is 9.34. The molecule has 1 aromatic heterocycles. The van der Waals surface area contributed by atoms with Crippen molar-refractivity contribution in [3.8, 4) is 0 Å². The highest BCUT2D eigenvalue weighted by atomic mass is 16.4. The maximum absolute atomic E-state index is 12.2. The van der Waals surface area contributed by atoms with Crippen molar-refractivity contribution in [2.45, 2.75) is 13.0 Å². The number of para-hydroxylation sites is 3. The number of aromatic nitrogens is 2. The van der Waals surface area contributed by atoms with Gasteiger partial charge in [0.15, 0.2) is 0 Å². The molecule has 2 N–H and O–H groups in total. The van der Waals surface area contributed by atoms with Gasteiger partial charge in [0.1, 0.15) is 0 Å². The number of fused-ring (bicyclic) bond motifs is 1. The fourth-order valence-electron chi connectivity index (χ4n) is 3.61. The van der Waals surface area contributed by atoms with Gasteiger partial charge >= 0.3 is 5.97 Å². The summed E-state index contributed by atoms with van der Waals surface area (Å²) in [5.74, 6) is -1.22. The van der Waals surface area contributed by atoms with Crippen molar-refractivity contribution in [1.82, 2.24) is 14.5 Å². The van der Waals surface area contributed by atoms with Gasteiger partial charge in [0.05, 0.1) is 29.7 Å². The Balaban J connectivity index is 1.65. The molecule has 0 aliphatic rings. The van der Waals surface area contributed by atoms with Crippen LogP contribution < -0.4 is 10.9 Å². The van der Waals surface area contributed by atoms with Gasteiger partial charge in [-0.3, -0.25) is 9.59 Å². The van der Waals surface area contributed by atoms with E-state index in [9.17, 15) is 9.59 Å². The summed E-state index contributed by atoms with van der Waals surface area (Å²) in [5, 5.41) is 11.3. The quantitative estimate of drug-likeness (QED) is 0.472. The van der Waals surface area contributed by atoms with Crippen LogP contribution >= 0.6 is 0 Å². The number of imidazole rings is 1. The molecule has 0 spiro atoms. The van der Waals surface area contributed by atoms with Crippen molar-refractivity contribution >= 4 is 28.6 Å². The summed E-state index contributed by atoms with van der Waals surface area (Å²) < 4.78 is 4.23. The van der Waals surface area contributed by atoms with Crippen LogP contribution in [0.3, 0.4) is 0 Å². The van der Waals surface area contributed by atoms with E-state index in [1.165, 1.54) is 0 Å². The Morgan fingerprint density at radius 3 is 2.25 bits per heavy atom. The number of aliphatic carboxylic acids is 1. The van der Waals surface area contributed by atoms with Crippen molar-refractivity contribution in [2.75, 3.05) is 6.54 Å². The topological polar surface area (TPSA) is 88.6 Å². The van der Waals surface area contributed by atoms with Gasteiger partial charge in [-0.15, -0.1) is 0 Å². The Hall–Kier alpha value is -4.13. The van der Waals surface area contributed by atoms with E-state index >= 15 is 0 Å². The second-order valence-corrected chi connectivity index (χ2v) is 7.48. The summed E-state index contributed by atoms with van der Waals surface area (Å²) in [7, 11) is 2.01. The average Bonchev–Trinajstić information content (AvgIpc) is 3.06. The molecular formula is C25H24N4O3. The number of carbonyl (C=O) groups is 2. The highest BCUT2D eigenvalue weighted by Gasteiger charge is 2.11. The monoisotopic (exact) mass is 428 g/mol. The van der Waals surface area contributed by atoms with Crippen molar-refractivity contribution in [3.05, 3.63) is 95.6 Å². The highest BCUT2D eigenvalue weighted by molar-refractivity contribution is 5.94. The molecule has 0 unspecified atom stereocenters. The molecule has 0 fully saturated rings. The zero-order valence-corrected chi connectivity index (χ0v) is 17.7. The van der Waals surface area contributed by atoms with Gasteiger partial charge in [0.25, 0.3) is 5.91 Å². The van der Waals surface area contributed by atoms with Gasteiger partial charge in [-0.25, -0.2) is 4.99 Å². The molecule has 0 radical (unpaired) electrons. The lowest BCUT2D eigenvalue weighted by Crippen LogP contribution is -2.26. The van der Waals surface area contributed by atoms with Crippen LogP contribution in [0.4, 0.5) is 5.69 Å². The largest absolute Gasteiger partial charge is 0.481 e. The highest BCUT2D eigenvalue weighted by Crippen LogP contribution is 2.16. The Bertz CT molecular complexity index is 1320. The predicted molar refractivity (Wildman–Crippen MR) is 123 cm³/mol. The van der Waals surface area contributed by atoms with E-state index in [-0.39, 0.29) is 18.9 Å². The van der Waals surface area contributed by atoms with Crippen LogP contribution in [0.15, 0.2) is 83.9 Å². The Morgan fingerprint density at radius 1 is 0.906 bits per heavy atom. The molecule has 0 aliphatic carbocycles. The van der Waals surface area contributed by atoms with Crippen LogP contribution in [-0.4, -0.2) is 32.7 Å². The molecule has 1 heterocycles. The zero-order chi connectivity index (χ0) is 22.5. The summed E-state index contributed by atoms with van der Waals surface area (Å²) in [5.41, 5.74) is 5.37. The Morgan fingerprint density at radius 2 is 1.56 bits per heavy atom. The summed E-state index contributed by atoms with van der Waals surface area (Å²) in [6.07, 6.45) is -0.102. The van der Waals surface area contributed by atoms with E-state index < -0.39 is 5.97 Å². The van der Waals surface area contributed by atoms with Crippen LogP contribution in [0.1, 0.15) is 22.3 Å². The maximum atomic E-state index is 12.2. The number of benzene rings is 3. The number of nitrogens with zero attached hydrogens (tertiary/aromatic N) is 3. The van der Waals surface area contributed by atoms with Gasteiger partial charge in [0, 0.05) is 19.2 Å². The van der Waals surface area contributed by atoms with Gasteiger partial charge in [0.2, 0.25) is 5.62 Å². The molecule has 4 aromatic rings. The number of amides is 1. The number of aryl methyl sites for hydroxylation is 1. The van der Waals surface area contributed by atoms with Gasteiger partial charge in [-0.2, -0.15) is 0 Å². The first-order valence-corrected chi connectivity index (χ1v) is 10.4. The molecule has 1 amide bonds. The Kier molecular flexibility index (Phi) is 6.17. The fraction of sp³-hybridized carbons (Fsp3) is 0.160. The van der Waals surface area contributed by atoms with E-state index in [1.54, 1.807) is 12.1 Å². The number of nitrogens with one attached hydrogen (secondary N) is 1. The molecule has 0 atom stereocenters. The second-order valence-electron chi connectivity index (χ2n) is 7.48. The summed E-state index contributed by atoms with van der Waals surface area (Å²) >= 11 is 0.